The molecule has 2 N–H and O–H groups in total. The molecule has 2 aromatic rings. The number of carbonyl (C=O) groups is 3. The predicted octanol–water partition coefficient (Wildman–Crippen LogP) is 4.61. The van der Waals surface area contributed by atoms with Gasteiger partial charge in [0.15, 0.2) is 0 Å². The highest BCUT2D eigenvalue weighted by Gasteiger charge is 2.16. The molecule has 6 nitrogen and oxygen atoms in total. The van der Waals surface area contributed by atoms with Crippen LogP contribution in [-0.2, 0) is 9.59 Å². The number of rotatable bonds is 10. The van der Waals surface area contributed by atoms with Crippen LogP contribution < -0.4 is 10.6 Å². The zero-order chi connectivity index (χ0) is 21.9. The van der Waals surface area contributed by atoms with Gasteiger partial charge in [0.05, 0.1) is 0 Å². The smallest absolute Gasteiger partial charge is 0.256 e. The Balaban J connectivity index is 1.98. The predicted molar refractivity (Wildman–Crippen MR) is 121 cm³/mol. The first kappa shape index (κ1) is 23.1. The van der Waals surface area contributed by atoms with Gasteiger partial charge in [-0.3, -0.25) is 14.4 Å². The van der Waals surface area contributed by atoms with Crippen molar-refractivity contribution in [2.24, 2.45) is 0 Å². The number of anilines is 2. The molecule has 0 aliphatic heterocycles. The molecule has 0 bridgehead atoms. The van der Waals surface area contributed by atoms with Gasteiger partial charge in [-0.1, -0.05) is 38.1 Å². The lowest BCUT2D eigenvalue weighted by molar-refractivity contribution is -0.132. The van der Waals surface area contributed by atoms with E-state index in [1.54, 1.807) is 25.1 Å². The van der Waals surface area contributed by atoms with Gasteiger partial charge in [0, 0.05) is 42.9 Å². The number of amides is 3. The van der Waals surface area contributed by atoms with Crippen molar-refractivity contribution in [3.05, 3.63) is 59.7 Å². The third kappa shape index (κ3) is 6.72. The van der Waals surface area contributed by atoms with Gasteiger partial charge in [-0.2, -0.15) is 0 Å². The van der Waals surface area contributed by atoms with Crippen molar-refractivity contribution in [3.63, 3.8) is 0 Å². The lowest BCUT2D eigenvalue weighted by Gasteiger charge is -2.21. The molecule has 0 atom stereocenters. The minimum atomic E-state index is -0.236. The van der Waals surface area contributed by atoms with E-state index in [0.29, 0.717) is 35.6 Å². The van der Waals surface area contributed by atoms with Crippen LogP contribution in [0.4, 0.5) is 11.4 Å². The molecular weight excluding hydrogens is 378 g/mol. The van der Waals surface area contributed by atoms with Crippen LogP contribution in [0.1, 0.15) is 55.5 Å². The van der Waals surface area contributed by atoms with Crippen molar-refractivity contribution in [1.82, 2.24) is 4.90 Å². The number of carbonyl (C=O) groups excluding carboxylic acids is 3. The molecule has 30 heavy (non-hydrogen) atoms. The van der Waals surface area contributed by atoms with E-state index in [1.165, 1.54) is 0 Å². The normalized spacial score (nSPS) is 10.4. The molecular formula is C24H31N3O3. The second kappa shape index (κ2) is 11.8. The third-order valence-corrected chi connectivity index (χ3v) is 4.79. The molecule has 0 aliphatic rings. The minimum Gasteiger partial charge on any atom is -0.343 e. The largest absolute Gasteiger partial charge is 0.343 e. The number of nitrogens with zero attached hydrogens (tertiary/aromatic N) is 1. The molecule has 0 unspecified atom stereocenters. The molecule has 0 heterocycles. The van der Waals surface area contributed by atoms with Crippen LogP contribution in [-0.4, -0.2) is 35.7 Å². The molecule has 3 amide bonds. The van der Waals surface area contributed by atoms with Gasteiger partial charge in [0.25, 0.3) is 5.91 Å². The Morgan fingerprint density at radius 2 is 1.50 bits per heavy atom. The van der Waals surface area contributed by atoms with Gasteiger partial charge < -0.3 is 15.5 Å². The van der Waals surface area contributed by atoms with Crippen LogP contribution in [0, 0.1) is 6.92 Å². The van der Waals surface area contributed by atoms with E-state index in [4.69, 9.17) is 0 Å². The summed E-state index contributed by atoms with van der Waals surface area (Å²) in [4.78, 5) is 39.2. The summed E-state index contributed by atoms with van der Waals surface area (Å²) in [5, 5.41) is 5.69. The number of nitrogens with one attached hydrogen (secondary N) is 2. The number of benzene rings is 2. The highest BCUT2D eigenvalue weighted by atomic mass is 16.2. The zero-order valence-electron chi connectivity index (χ0n) is 18.0. The van der Waals surface area contributed by atoms with Crippen LogP contribution >= 0.6 is 0 Å². The Labute approximate surface area is 178 Å². The van der Waals surface area contributed by atoms with Gasteiger partial charge in [0.2, 0.25) is 11.8 Å². The summed E-state index contributed by atoms with van der Waals surface area (Å²) in [5.74, 6) is -0.471. The van der Waals surface area contributed by atoms with Crippen LogP contribution in [0.15, 0.2) is 48.5 Å². The molecule has 2 rings (SSSR count). The summed E-state index contributed by atoms with van der Waals surface area (Å²) in [6.07, 6.45) is 2.09. The Hall–Kier alpha value is -3.15. The second-order valence-electron chi connectivity index (χ2n) is 7.23. The highest BCUT2D eigenvalue weighted by Crippen LogP contribution is 2.21. The van der Waals surface area contributed by atoms with Crippen molar-refractivity contribution < 1.29 is 14.4 Å². The Morgan fingerprint density at radius 1 is 0.833 bits per heavy atom. The van der Waals surface area contributed by atoms with Crippen LogP contribution in [0.2, 0.25) is 0 Å². The molecule has 0 fully saturated rings. The highest BCUT2D eigenvalue weighted by molar-refractivity contribution is 6.06. The third-order valence-electron chi connectivity index (χ3n) is 4.79. The molecule has 0 saturated heterocycles. The first-order valence-corrected chi connectivity index (χ1v) is 10.5. The van der Waals surface area contributed by atoms with Gasteiger partial charge >= 0.3 is 0 Å². The number of hydrogen-bond donors (Lipinski definition) is 2. The maximum atomic E-state index is 12.6. The van der Waals surface area contributed by atoms with Crippen LogP contribution in [0.5, 0.6) is 0 Å². The topological polar surface area (TPSA) is 78.5 Å². The SMILES string of the molecule is CCCN(CCC)C(=O)CCC(=O)Nc1cccc(C(=O)Nc2ccccc2)c1C. The van der Waals surface area contributed by atoms with Gasteiger partial charge in [0.1, 0.15) is 0 Å². The fourth-order valence-corrected chi connectivity index (χ4v) is 3.23. The molecule has 160 valence electrons. The van der Waals surface area contributed by atoms with Crippen molar-refractivity contribution in [2.75, 3.05) is 23.7 Å². The van der Waals surface area contributed by atoms with E-state index in [2.05, 4.69) is 10.6 Å². The van der Waals surface area contributed by atoms with E-state index < -0.39 is 0 Å². The number of para-hydroxylation sites is 1. The summed E-state index contributed by atoms with van der Waals surface area (Å²) < 4.78 is 0. The first-order valence-electron chi connectivity index (χ1n) is 10.5. The molecule has 0 saturated carbocycles. The average Bonchev–Trinajstić information content (AvgIpc) is 2.74. The molecule has 2 aromatic carbocycles. The monoisotopic (exact) mass is 409 g/mol. The lowest BCUT2D eigenvalue weighted by Crippen LogP contribution is -2.33. The van der Waals surface area contributed by atoms with Crippen molar-refractivity contribution in [3.8, 4) is 0 Å². The lowest BCUT2D eigenvalue weighted by atomic mass is 10.1. The fourth-order valence-electron chi connectivity index (χ4n) is 3.23. The summed E-state index contributed by atoms with van der Waals surface area (Å²) in [6, 6.07) is 14.4. The summed E-state index contributed by atoms with van der Waals surface area (Å²) >= 11 is 0. The second-order valence-corrected chi connectivity index (χ2v) is 7.23. The molecule has 0 aromatic heterocycles. The van der Waals surface area contributed by atoms with Crippen LogP contribution in [0.3, 0.4) is 0 Å². The minimum absolute atomic E-state index is 0.00145. The van der Waals surface area contributed by atoms with E-state index >= 15 is 0 Å². The van der Waals surface area contributed by atoms with E-state index in [9.17, 15) is 14.4 Å². The Bertz CT molecular complexity index is 859. The molecule has 0 radical (unpaired) electrons. The quantitative estimate of drug-likeness (QED) is 0.601. The molecule has 0 spiro atoms. The summed E-state index contributed by atoms with van der Waals surface area (Å²) in [6.45, 7) is 7.29. The average molecular weight is 410 g/mol. The van der Waals surface area contributed by atoms with E-state index in [1.807, 2.05) is 49.1 Å². The van der Waals surface area contributed by atoms with Gasteiger partial charge in [-0.05, 0) is 49.6 Å². The van der Waals surface area contributed by atoms with Gasteiger partial charge in [-0.25, -0.2) is 0 Å². The first-order chi connectivity index (χ1) is 14.5. The molecule has 0 aliphatic carbocycles. The van der Waals surface area contributed by atoms with Crippen LogP contribution in [0.25, 0.3) is 0 Å². The summed E-state index contributed by atoms with van der Waals surface area (Å²) in [7, 11) is 0. The summed E-state index contributed by atoms with van der Waals surface area (Å²) in [5.41, 5.74) is 2.46. The maximum absolute atomic E-state index is 12.6. The maximum Gasteiger partial charge on any atom is 0.256 e. The molecule has 6 heteroatoms. The Kier molecular flexibility index (Phi) is 9.06. The Morgan fingerprint density at radius 3 is 2.13 bits per heavy atom. The fraction of sp³-hybridized carbons (Fsp3) is 0.375. The zero-order valence-corrected chi connectivity index (χ0v) is 18.0. The van der Waals surface area contributed by atoms with Crippen molar-refractivity contribution in [1.29, 1.82) is 0 Å². The standard InChI is InChI=1S/C24H31N3O3/c1-4-16-27(17-5-2)23(29)15-14-22(28)26-21-13-9-12-20(18(21)3)24(30)25-19-10-7-6-8-11-19/h6-13H,4-5,14-17H2,1-3H3,(H,25,30)(H,26,28). The van der Waals surface area contributed by atoms with E-state index in [0.717, 1.165) is 12.8 Å². The number of hydrogen-bond acceptors (Lipinski definition) is 3. The van der Waals surface area contributed by atoms with Gasteiger partial charge in [-0.15, -0.1) is 0 Å². The van der Waals surface area contributed by atoms with Crippen molar-refractivity contribution in [2.45, 2.75) is 46.5 Å². The van der Waals surface area contributed by atoms with Crippen molar-refractivity contribution >= 4 is 29.1 Å². The van der Waals surface area contributed by atoms with E-state index in [-0.39, 0.29) is 30.6 Å².